The number of ether oxygens (including phenoxy) is 2. The molecule has 1 amide bonds. The van der Waals surface area contributed by atoms with Crippen molar-refractivity contribution in [1.82, 2.24) is 15.0 Å². The summed E-state index contributed by atoms with van der Waals surface area (Å²) in [6.45, 7) is 6.14. The number of aromatic nitrogens is 2. The van der Waals surface area contributed by atoms with Crippen molar-refractivity contribution in [3.05, 3.63) is 59.5 Å². The van der Waals surface area contributed by atoms with Gasteiger partial charge in [0.1, 0.15) is 11.5 Å². The molecule has 0 N–H and O–H groups in total. The van der Waals surface area contributed by atoms with Crippen molar-refractivity contribution in [2.24, 2.45) is 0 Å². The molecule has 0 fully saturated rings. The first-order valence-electron chi connectivity index (χ1n) is 9.87. The van der Waals surface area contributed by atoms with Gasteiger partial charge in [-0.15, -0.1) is 0 Å². The molecule has 30 heavy (non-hydrogen) atoms. The fraction of sp³-hybridized carbons (Fsp3) is 0.348. The van der Waals surface area contributed by atoms with Crippen molar-refractivity contribution in [3.63, 3.8) is 0 Å². The summed E-state index contributed by atoms with van der Waals surface area (Å²) in [5, 5.41) is 4.01. The number of carbonyl (C=O) groups excluding carboxylic acids is 1. The largest absolute Gasteiger partial charge is 0.497 e. The Morgan fingerprint density at radius 3 is 2.57 bits per heavy atom. The molecule has 1 heterocycles. The normalized spacial score (nSPS) is 11.8. The van der Waals surface area contributed by atoms with Gasteiger partial charge in [0.15, 0.2) is 6.10 Å². The van der Waals surface area contributed by atoms with Gasteiger partial charge in [-0.05, 0) is 61.7 Å². The Bertz CT molecular complexity index is 998. The van der Waals surface area contributed by atoms with E-state index < -0.39 is 6.10 Å². The zero-order chi connectivity index (χ0) is 21.7. The van der Waals surface area contributed by atoms with Gasteiger partial charge in [-0.3, -0.25) is 4.79 Å². The van der Waals surface area contributed by atoms with Crippen LogP contribution in [0.5, 0.6) is 11.5 Å². The first-order valence-corrected chi connectivity index (χ1v) is 9.87. The van der Waals surface area contributed by atoms with Crippen molar-refractivity contribution in [2.45, 2.75) is 39.8 Å². The number of rotatable bonds is 8. The molecule has 1 atom stereocenters. The first kappa shape index (κ1) is 21.4. The lowest BCUT2D eigenvalue weighted by atomic mass is 10.1. The molecule has 158 valence electrons. The molecule has 0 saturated heterocycles. The Morgan fingerprint density at radius 2 is 1.90 bits per heavy atom. The van der Waals surface area contributed by atoms with E-state index in [0.29, 0.717) is 18.1 Å². The van der Waals surface area contributed by atoms with E-state index in [2.05, 4.69) is 10.1 Å². The van der Waals surface area contributed by atoms with E-state index in [9.17, 15) is 4.79 Å². The lowest BCUT2D eigenvalue weighted by Gasteiger charge is -2.23. The van der Waals surface area contributed by atoms with Crippen molar-refractivity contribution in [3.8, 4) is 22.9 Å². The topological polar surface area (TPSA) is 77.7 Å². The summed E-state index contributed by atoms with van der Waals surface area (Å²) >= 11 is 0. The van der Waals surface area contributed by atoms with E-state index in [0.717, 1.165) is 28.2 Å². The third kappa shape index (κ3) is 4.79. The van der Waals surface area contributed by atoms with Crippen molar-refractivity contribution < 1.29 is 18.8 Å². The minimum atomic E-state index is -0.584. The number of hydrogen-bond acceptors (Lipinski definition) is 6. The van der Waals surface area contributed by atoms with E-state index in [-0.39, 0.29) is 12.5 Å². The standard InChI is InChI=1S/C23H27N3O4/c1-6-19(29-20-9-7-8-15(2)16(20)3)23(27)26(4)14-21-24-22(25-30-21)17-10-12-18(28-5)13-11-17/h7-13,19H,6,14H2,1-5H3/t19-/m1/s1. The molecule has 1 aromatic heterocycles. The predicted octanol–water partition coefficient (Wildman–Crippen LogP) is 4.18. The van der Waals surface area contributed by atoms with E-state index in [1.54, 1.807) is 19.1 Å². The molecule has 0 unspecified atom stereocenters. The molecule has 0 aliphatic heterocycles. The number of benzene rings is 2. The maximum atomic E-state index is 12.9. The number of carbonyl (C=O) groups is 1. The molecule has 0 aliphatic carbocycles. The zero-order valence-electron chi connectivity index (χ0n) is 18.0. The number of methoxy groups -OCH3 is 1. The van der Waals surface area contributed by atoms with Crippen LogP contribution in [-0.2, 0) is 11.3 Å². The molecule has 7 heteroatoms. The summed E-state index contributed by atoms with van der Waals surface area (Å²) in [6, 6.07) is 13.2. The molecule has 3 rings (SSSR count). The van der Waals surface area contributed by atoms with Crippen LogP contribution >= 0.6 is 0 Å². The average Bonchev–Trinajstić information content (AvgIpc) is 3.22. The summed E-state index contributed by atoms with van der Waals surface area (Å²) < 4.78 is 16.5. The van der Waals surface area contributed by atoms with Crippen LogP contribution in [0.4, 0.5) is 0 Å². The molecule has 0 radical (unpaired) electrons. The van der Waals surface area contributed by atoms with Crippen LogP contribution in [0.15, 0.2) is 47.0 Å². The highest BCUT2D eigenvalue weighted by Gasteiger charge is 2.24. The lowest BCUT2D eigenvalue weighted by molar-refractivity contribution is -0.138. The van der Waals surface area contributed by atoms with Gasteiger partial charge in [-0.25, -0.2) is 0 Å². The fourth-order valence-electron chi connectivity index (χ4n) is 3.02. The van der Waals surface area contributed by atoms with Crippen LogP contribution < -0.4 is 9.47 Å². The summed E-state index contributed by atoms with van der Waals surface area (Å²) in [5.74, 6) is 2.17. The fourth-order valence-corrected chi connectivity index (χ4v) is 3.02. The van der Waals surface area contributed by atoms with Crippen molar-refractivity contribution in [2.75, 3.05) is 14.2 Å². The lowest BCUT2D eigenvalue weighted by Crippen LogP contribution is -2.39. The van der Waals surface area contributed by atoms with Crippen LogP contribution in [0.1, 0.15) is 30.4 Å². The Kier molecular flexibility index (Phi) is 6.72. The maximum absolute atomic E-state index is 12.9. The summed E-state index contributed by atoms with van der Waals surface area (Å²) in [7, 11) is 3.32. The molecule has 7 nitrogen and oxygen atoms in total. The highest BCUT2D eigenvalue weighted by atomic mass is 16.5. The Labute approximate surface area is 176 Å². The zero-order valence-corrected chi connectivity index (χ0v) is 18.0. The SMILES string of the molecule is CC[C@@H](Oc1cccc(C)c1C)C(=O)N(C)Cc1nc(-c2ccc(OC)cc2)no1. The molecule has 3 aromatic rings. The van der Waals surface area contributed by atoms with Crippen LogP contribution in [0.3, 0.4) is 0 Å². The summed E-state index contributed by atoms with van der Waals surface area (Å²) in [5.41, 5.74) is 2.97. The Hall–Kier alpha value is -3.35. The van der Waals surface area contributed by atoms with E-state index in [1.807, 2.05) is 63.2 Å². The van der Waals surface area contributed by atoms with Gasteiger partial charge in [0.05, 0.1) is 13.7 Å². The minimum absolute atomic E-state index is 0.136. The molecule has 2 aromatic carbocycles. The minimum Gasteiger partial charge on any atom is -0.497 e. The first-order chi connectivity index (χ1) is 14.4. The second-order valence-corrected chi connectivity index (χ2v) is 7.15. The number of likely N-dealkylation sites (N-methyl/N-ethyl adjacent to an activating group) is 1. The molecular formula is C23H27N3O4. The van der Waals surface area contributed by atoms with Crippen LogP contribution in [-0.4, -0.2) is 41.2 Å². The predicted molar refractivity (Wildman–Crippen MR) is 113 cm³/mol. The molecule has 0 spiro atoms. The third-order valence-corrected chi connectivity index (χ3v) is 5.04. The van der Waals surface area contributed by atoms with Gasteiger partial charge >= 0.3 is 0 Å². The molecule has 0 bridgehead atoms. The summed E-state index contributed by atoms with van der Waals surface area (Å²) in [4.78, 5) is 18.9. The highest BCUT2D eigenvalue weighted by molar-refractivity contribution is 5.81. The smallest absolute Gasteiger partial charge is 0.263 e. The number of hydrogen-bond donors (Lipinski definition) is 0. The summed E-state index contributed by atoms with van der Waals surface area (Å²) in [6.07, 6.45) is -0.0308. The van der Waals surface area contributed by atoms with Gasteiger partial charge in [-0.2, -0.15) is 4.98 Å². The quantitative estimate of drug-likeness (QED) is 0.555. The van der Waals surface area contributed by atoms with E-state index >= 15 is 0 Å². The van der Waals surface area contributed by atoms with Crippen LogP contribution in [0.25, 0.3) is 11.4 Å². The Morgan fingerprint density at radius 1 is 1.17 bits per heavy atom. The average molecular weight is 409 g/mol. The number of nitrogens with zero attached hydrogens (tertiary/aromatic N) is 3. The van der Waals surface area contributed by atoms with Gasteiger partial charge in [0, 0.05) is 12.6 Å². The van der Waals surface area contributed by atoms with E-state index in [1.165, 1.54) is 0 Å². The van der Waals surface area contributed by atoms with Gasteiger partial charge in [0.25, 0.3) is 5.91 Å². The van der Waals surface area contributed by atoms with Gasteiger partial charge < -0.3 is 18.9 Å². The Balaban J connectivity index is 1.66. The maximum Gasteiger partial charge on any atom is 0.263 e. The molecular weight excluding hydrogens is 382 g/mol. The molecule has 0 saturated carbocycles. The number of amides is 1. The van der Waals surface area contributed by atoms with Crippen LogP contribution in [0, 0.1) is 13.8 Å². The van der Waals surface area contributed by atoms with E-state index in [4.69, 9.17) is 14.0 Å². The van der Waals surface area contributed by atoms with Crippen molar-refractivity contribution >= 4 is 5.91 Å². The van der Waals surface area contributed by atoms with Crippen LogP contribution in [0.2, 0.25) is 0 Å². The third-order valence-electron chi connectivity index (χ3n) is 5.04. The monoisotopic (exact) mass is 409 g/mol. The second-order valence-electron chi connectivity index (χ2n) is 7.15. The second kappa shape index (κ2) is 9.43. The number of aryl methyl sites for hydroxylation is 1. The molecule has 0 aliphatic rings. The van der Waals surface area contributed by atoms with Crippen molar-refractivity contribution in [1.29, 1.82) is 0 Å². The van der Waals surface area contributed by atoms with Gasteiger partial charge in [0.2, 0.25) is 11.7 Å². The van der Waals surface area contributed by atoms with Gasteiger partial charge in [-0.1, -0.05) is 24.2 Å². The highest BCUT2D eigenvalue weighted by Crippen LogP contribution is 2.23.